The van der Waals surface area contributed by atoms with Gasteiger partial charge in [-0.25, -0.2) is 8.42 Å². The third-order valence-corrected chi connectivity index (χ3v) is 5.31. The van der Waals surface area contributed by atoms with Crippen molar-refractivity contribution in [3.05, 3.63) is 58.5 Å². The van der Waals surface area contributed by atoms with Crippen molar-refractivity contribution in [2.45, 2.75) is 11.8 Å². The van der Waals surface area contributed by atoms with Gasteiger partial charge in [0.05, 0.1) is 9.80 Å². The maximum atomic E-state index is 12.4. The molecule has 1 N–H and O–H groups in total. The van der Waals surface area contributed by atoms with Gasteiger partial charge in [-0.2, -0.15) is 0 Å². The highest BCUT2D eigenvalue weighted by Crippen LogP contribution is 2.37. The predicted molar refractivity (Wildman–Crippen MR) is 79.9 cm³/mol. The molecule has 1 aliphatic rings. The molecule has 1 aliphatic heterocycles. The van der Waals surface area contributed by atoms with Crippen LogP contribution >= 0.6 is 0 Å². The van der Waals surface area contributed by atoms with Crippen molar-refractivity contribution in [3.63, 3.8) is 0 Å². The predicted octanol–water partition coefficient (Wildman–Crippen LogP) is 2.91. The van der Waals surface area contributed by atoms with Gasteiger partial charge in [0.25, 0.3) is 0 Å². The van der Waals surface area contributed by atoms with E-state index in [-0.39, 0.29) is 22.2 Å². The fraction of sp³-hybridized carbons (Fsp3) is 0.125. The van der Waals surface area contributed by atoms with Crippen molar-refractivity contribution < 1.29 is 18.3 Å². The highest BCUT2D eigenvalue weighted by Gasteiger charge is 2.31. The zero-order valence-corrected chi connectivity index (χ0v) is 12.2. The molecule has 0 saturated carbocycles. The maximum Gasteiger partial charge on any atom is 0.206 e. The summed E-state index contributed by atoms with van der Waals surface area (Å²) < 4.78 is 30.4. The van der Waals surface area contributed by atoms with Crippen molar-refractivity contribution in [1.82, 2.24) is 0 Å². The van der Waals surface area contributed by atoms with Crippen LogP contribution in [-0.2, 0) is 9.84 Å². The summed E-state index contributed by atoms with van der Waals surface area (Å²) in [7, 11) is -3.58. The van der Waals surface area contributed by atoms with E-state index < -0.39 is 9.84 Å². The summed E-state index contributed by atoms with van der Waals surface area (Å²) in [6, 6.07) is 11.9. The smallest absolute Gasteiger partial charge is 0.206 e. The summed E-state index contributed by atoms with van der Waals surface area (Å²) in [5.74, 6) is 0.607. The number of aromatic hydroxyl groups is 1. The van der Waals surface area contributed by atoms with E-state index in [1.807, 2.05) is 25.1 Å². The Morgan fingerprint density at radius 1 is 1.10 bits per heavy atom. The van der Waals surface area contributed by atoms with Crippen LogP contribution in [0.15, 0.2) is 52.3 Å². The third kappa shape index (κ3) is 2.29. The fourth-order valence-electron chi connectivity index (χ4n) is 2.28. The number of benzene rings is 2. The van der Waals surface area contributed by atoms with Crippen LogP contribution in [0.25, 0.3) is 6.08 Å². The molecule has 0 aliphatic carbocycles. The summed E-state index contributed by atoms with van der Waals surface area (Å²) in [5, 5.41) is 9.76. The van der Waals surface area contributed by atoms with Gasteiger partial charge >= 0.3 is 0 Å². The first-order valence-electron chi connectivity index (χ1n) is 6.46. The number of phenolic OH excluding ortho intramolecular Hbond substituents is 1. The average molecular weight is 302 g/mol. The third-order valence-electron chi connectivity index (χ3n) is 3.45. The van der Waals surface area contributed by atoms with Crippen LogP contribution in [0.1, 0.15) is 11.1 Å². The Morgan fingerprint density at radius 2 is 1.86 bits per heavy atom. The molecule has 0 aromatic heterocycles. The molecular weight excluding hydrogens is 288 g/mol. The maximum absolute atomic E-state index is 12.4. The van der Waals surface area contributed by atoms with Crippen molar-refractivity contribution in [1.29, 1.82) is 0 Å². The van der Waals surface area contributed by atoms with Crippen LogP contribution in [0, 0.1) is 6.92 Å². The molecule has 0 unspecified atom stereocenters. The van der Waals surface area contributed by atoms with Gasteiger partial charge in [-0.15, -0.1) is 0 Å². The number of phenols is 1. The molecule has 0 saturated heterocycles. The van der Waals surface area contributed by atoms with E-state index in [2.05, 4.69) is 0 Å². The summed E-state index contributed by atoms with van der Waals surface area (Å²) in [4.78, 5) is 0.285. The van der Waals surface area contributed by atoms with E-state index in [9.17, 15) is 13.5 Å². The lowest BCUT2D eigenvalue weighted by molar-refractivity contribution is 0.356. The van der Waals surface area contributed by atoms with Crippen molar-refractivity contribution >= 4 is 15.9 Å². The second-order valence-corrected chi connectivity index (χ2v) is 6.83. The van der Waals surface area contributed by atoms with E-state index in [0.29, 0.717) is 11.3 Å². The molecule has 0 bridgehead atoms. The Balaban J connectivity index is 1.90. The molecule has 4 nitrogen and oxygen atoms in total. The highest BCUT2D eigenvalue weighted by atomic mass is 32.2. The Labute approximate surface area is 123 Å². The molecule has 0 atom stereocenters. The first-order valence-corrected chi connectivity index (χ1v) is 7.94. The average Bonchev–Trinajstić information content (AvgIpc) is 2.71. The number of hydrogen-bond acceptors (Lipinski definition) is 4. The van der Waals surface area contributed by atoms with Crippen molar-refractivity contribution in [3.8, 4) is 11.5 Å². The quantitative estimate of drug-likeness (QED) is 0.947. The minimum atomic E-state index is -3.58. The summed E-state index contributed by atoms with van der Waals surface area (Å²) in [6.07, 6.45) is 1.47. The monoisotopic (exact) mass is 302 g/mol. The van der Waals surface area contributed by atoms with Gasteiger partial charge in [0.1, 0.15) is 18.1 Å². The number of ether oxygens (including phenoxy) is 1. The van der Waals surface area contributed by atoms with Crippen LogP contribution in [0.5, 0.6) is 11.5 Å². The molecule has 5 heteroatoms. The zero-order valence-electron chi connectivity index (χ0n) is 11.4. The largest absolute Gasteiger partial charge is 0.507 e. The van der Waals surface area contributed by atoms with E-state index in [1.54, 1.807) is 6.07 Å². The van der Waals surface area contributed by atoms with Crippen molar-refractivity contribution in [2.24, 2.45) is 0 Å². The van der Waals surface area contributed by atoms with E-state index >= 15 is 0 Å². The summed E-state index contributed by atoms with van der Waals surface area (Å²) >= 11 is 0. The topological polar surface area (TPSA) is 63.6 Å². The van der Waals surface area contributed by atoms with Gasteiger partial charge in [0, 0.05) is 5.56 Å². The summed E-state index contributed by atoms with van der Waals surface area (Å²) in [5.41, 5.74) is 1.27. The normalized spacial score (nSPS) is 15.4. The van der Waals surface area contributed by atoms with Gasteiger partial charge in [-0.05, 0) is 36.8 Å². The zero-order chi connectivity index (χ0) is 15.0. The SMILES string of the molecule is Cc1ccccc1OCC1=Cc2c(O)cccc2S1(=O)=O. The van der Waals surface area contributed by atoms with Gasteiger partial charge in [-0.3, -0.25) is 0 Å². The van der Waals surface area contributed by atoms with Crippen LogP contribution in [0.3, 0.4) is 0 Å². The number of hydrogen-bond donors (Lipinski definition) is 1. The second kappa shape index (κ2) is 4.93. The molecule has 2 aromatic carbocycles. The lowest BCUT2D eigenvalue weighted by atomic mass is 10.2. The molecule has 2 aromatic rings. The molecule has 3 rings (SSSR count). The fourth-order valence-corrected chi connectivity index (χ4v) is 3.76. The van der Waals surface area contributed by atoms with Gasteiger partial charge in [0.2, 0.25) is 9.84 Å². The Morgan fingerprint density at radius 3 is 2.57 bits per heavy atom. The molecule has 0 fully saturated rings. The van der Waals surface area contributed by atoms with E-state index in [1.165, 1.54) is 24.3 Å². The lowest BCUT2D eigenvalue weighted by Crippen LogP contribution is -2.09. The van der Waals surface area contributed by atoms with Gasteiger partial charge in [0.15, 0.2) is 0 Å². The van der Waals surface area contributed by atoms with Crippen LogP contribution in [0.4, 0.5) is 0 Å². The minimum Gasteiger partial charge on any atom is -0.507 e. The Bertz CT molecular complexity index is 835. The molecule has 0 radical (unpaired) electrons. The van der Waals surface area contributed by atoms with Crippen molar-refractivity contribution in [2.75, 3.05) is 6.61 Å². The Hall–Kier alpha value is -2.27. The summed E-state index contributed by atoms with van der Waals surface area (Å²) in [6.45, 7) is 1.84. The van der Waals surface area contributed by atoms with Crippen LogP contribution < -0.4 is 4.74 Å². The van der Waals surface area contributed by atoms with E-state index in [0.717, 1.165) is 5.56 Å². The second-order valence-electron chi connectivity index (χ2n) is 4.86. The van der Waals surface area contributed by atoms with Crippen LogP contribution in [0.2, 0.25) is 0 Å². The molecule has 0 spiro atoms. The van der Waals surface area contributed by atoms with E-state index in [4.69, 9.17) is 4.74 Å². The molecular formula is C16H14O4S. The number of aryl methyl sites for hydroxylation is 1. The van der Waals surface area contributed by atoms with Crippen LogP contribution in [-0.4, -0.2) is 20.1 Å². The first-order chi connectivity index (χ1) is 10.00. The highest BCUT2D eigenvalue weighted by molar-refractivity contribution is 7.95. The number of rotatable bonds is 3. The standard InChI is InChI=1S/C16H14O4S/c1-11-5-2-3-7-15(11)20-10-12-9-13-14(17)6-4-8-16(13)21(12,18)19/h2-9,17H,10H2,1H3. The number of para-hydroxylation sites is 1. The van der Waals surface area contributed by atoms with Gasteiger partial charge in [-0.1, -0.05) is 24.3 Å². The van der Waals surface area contributed by atoms with Gasteiger partial charge < -0.3 is 9.84 Å². The minimum absolute atomic E-state index is 0.0398. The first kappa shape index (κ1) is 13.7. The lowest BCUT2D eigenvalue weighted by Gasteiger charge is -2.09. The number of sulfone groups is 1. The molecule has 108 valence electrons. The number of fused-ring (bicyclic) bond motifs is 1. The molecule has 1 heterocycles. The Kier molecular flexibility index (Phi) is 3.22. The molecule has 0 amide bonds. The molecule has 21 heavy (non-hydrogen) atoms.